The lowest BCUT2D eigenvalue weighted by Crippen LogP contribution is -2.35. The number of nitrogens with one attached hydrogen (secondary N) is 1. The van der Waals surface area contributed by atoms with E-state index in [0.717, 1.165) is 29.6 Å². The number of hydrogen-bond donors (Lipinski definition) is 1. The third-order valence-corrected chi connectivity index (χ3v) is 3.93. The molecule has 1 N–H and O–H groups in total. The van der Waals surface area contributed by atoms with Gasteiger partial charge in [0.05, 0.1) is 17.2 Å². The van der Waals surface area contributed by atoms with Crippen LogP contribution in [-0.4, -0.2) is 22.6 Å². The molecule has 0 bridgehead atoms. The molecular weight excluding hydrogens is 280 g/mol. The van der Waals surface area contributed by atoms with Gasteiger partial charge < -0.3 is 10.2 Å². The molecule has 0 radical (unpaired) electrons. The second-order valence-electron chi connectivity index (χ2n) is 6.30. The van der Waals surface area contributed by atoms with Crippen molar-refractivity contribution in [2.24, 2.45) is 0 Å². The SMILES string of the molecule is Cc1nc(CN(C)c2ncccc2CNC(C)(C)C)cs1. The van der Waals surface area contributed by atoms with E-state index >= 15 is 0 Å². The molecule has 2 rings (SSSR count). The van der Waals surface area contributed by atoms with Crippen molar-refractivity contribution in [3.8, 4) is 0 Å². The summed E-state index contributed by atoms with van der Waals surface area (Å²) in [5.41, 5.74) is 2.40. The van der Waals surface area contributed by atoms with Crippen LogP contribution in [0.15, 0.2) is 23.7 Å². The number of nitrogens with zero attached hydrogens (tertiary/aromatic N) is 3. The summed E-state index contributed by atoms with van der Waals surface area (Å²) in [6.45, 7) is 10.1. The van der Waals surface area contributed by atoms with Gasteiger partial charge >= 0.3 is 0 Å². The molecule has 0 saturated carbocycles. The number of anilines is 1. The first kappa shape index (κ1) is 15.9. The van der Waals surface area contributed by atoms with E-state index in [2.05, 4.69) is 59.4 Å². The Morgan fingerprint density at radius 1 is 1.33 bits per heavy atom. The van der Waals surface area contributed by atoms with Gasteiger partial charge in [0.1, 0.15) is 5.82 Å². The number of aryl methyl sites for hydroxylation is 1. The van der Waals surface area contributed by atoms with Crippen LogP contribution in [0.1, 0.15) is 37.0 Å². The van der Waals surface area contributed by atoms with Crippen LogP contribution < -0.4 is 10.2 Å². The first-order valence-electron chi connectivity index (χ1n) is 7.16. The highest BCUT2D eigenvalue weighted by Crippen LogP contribution is 2.19. The maximum atomic E-state index is 4.54. The molecule has 0 spiro atoms. The van der Waals surface area contributed by atoms with Gasteiger partial charge in [-0.2, -0.15) is 0 Å². The summed E-state index contributed by atoms with van der Waals surface area (Å²) in [4.78, 5) is 11.2. The number of pyridine rings is 1. The quantitative estimate of drug-likeness (QED) is 0.919. The fraction of sp³-hybridized carbons (Fsp3) is 0.500. The summed E-state index contributed by atoms with van der Waals surface area (Å²) in [6.07, 6.45) is 1.85. The maximum absolute atomic E-state index is 4.54. The highest BCUT2D eigenvalue weighted by atomic mass is 32.1. The molecule has 2 aromatic heterocycles. The van der Waals surface area contributed by atoms with Crippen molar-refractivity contribution in [1.29, 1.82) is 0 Å². The Hall–Kier alpha value is -1.46. The van der Waals surface area contributed by atoms with Crippen LogP contribution in [0, 0.1) is 6.92 Å². The van der Waals surface area contributed by atoms with Gasteiger partial charge in [-0.25, -0.2) is 9.97 Å². The van der Waals surface area contributed by atoms with Crippen molar-refractivity contribution in [3.63, 3.8) is 0 Å². The molecule has 0 amide bonds. The Kier molecular flexibility index (Phi) is 4.96. The molecule has 5 heteroatoms. The summed E-state index contributed by atoms with van der Waals surface area (Å²) in [7, 11) is 2.07. The predicted octanol–water partition coefficient (Wildman–Crippen LogP) is 3.37. The molecule has 114 valence electrons. The van der Waals surface area contributed by atoms with E-state index < -0.39 is 0 Å². The van der Waals surface area contributed by atoms with Crippen LogP contribution >= 0.6 is 11.3 Å². The molecule has 0 aromatic carbocycles. The fourth-order valence-electron chi connectivity index (χ4n) is 2.07. The molecule has 2 aromatic rings. The smallest absolute Gasteiger partial charge is 0.133 e. The Labute approximate surface area is 131 Å². The Morgan fingerprint density at radius 3 is 2.71 bits per heavy atom. The number of hydrogen-bond acceptors (Lipinski definition) is 5. The third-order valence-electron chi connectivity index (χ3n) is 3.10. The second-order valence-corrected chi connectivity index (χ2v) is 7.37. The zero-order chi connectivity index (χ0) is 15.5. The standard InChI is InChI=1S/C16H24N4S/c1-12-19-14(11-21-12)10-20(5)15-13(7-6-8-17-15)9-18-16(2,3)4/h6-8,11,18H,9-10H2,1-5H3. The van der Waals surface area contributed by atoms with E-state index in [1.165, 1.54) is 5.56 Å². The molecule has 0 atom stereocenters. The predicted molar refractivity (Wildman–Crippen MR) is 89.8 cm³/mol. The fourth-order valence-corrected chi connectivity index (χ4v) is 2.67. The number of aromatic nitrogens is 2. The van der Waals surface area contributed by atoms with E-state index in [-0.39, 0.29) is 5.54 Å². The van der Waals surface area contributed by atoms with Gasteiger partial charge in [0, 0.05) is 36.3 Å². The lowest BCUT2D eigenvalue weighted by Gasteiger charge is -2.24. The van der Waals surface area contributed by atoms with E-state index in [4.69, 9.17) is 0 Å². The van der Waals surface area contributed by atoms with Gasteiger partial charge in [0.15, 0.2) is 0 Å². The summed E-state index contributed by atoms with van der Waals surface area (Å²) < 4.78 is 0. The minimum absolute atomic E-state index is 0.0949. The highest BCUT2D eigenvalue weighted by molar-refractivity contribution is 7.09. The normalized spacial score (nSPS) is 11.7. The Bertz CT molecular complexity index is 586. The second kappa shape index (κ2) is 6.54. The molecular formula is C16H24N4S. The lowest BCUT2D eigenvalue weighted by atomic mass is 10.1. The van der Waals surface area contributed by atoms with Crippen molar-refractivity contribution in [2.75, 3.05) is 11.9 Å². The summed E-state index contributed by atoms with van der Waals surface area (Å²) in [6, 6.07) is 4.12. The van der Waals surface area contributed by atoms with Crippen molar-refractivity contribution < 1.29 is 0 Å². The number of rotatable bonds is 5. The van der Waals surface area contributed by atoms with Gasteiger partial charge in [0.25, 0.3) is 0 Å². The van der Waals surface area contributed by atoms with Crippen LogP contribution in [0.25, 0.3) is 0 Å². The monoisotopic (exact) mass is 304 g/mol. The van der Waals surface area contributed by atoms with E-state index in [9.17, 15) is 0 Å². The Morgan fingerprint density at radius 2 is 2.10 bits per heavy atom. The van der Waals surface area contributed by atoms with Gasteiger partial charge in [-0.05, 0) is 33.8 Å². The van der Waals surface area contributed by atoms with Crippen LogP contribution in [0.3, 0.4) is 0 Å². The van der Waals surface area contributed by atoms with Gasteiger partial charge in [-0.3, -0.25) is 0 Å². The molecule has 0 saturated heterocycles. The lowest BCUT2D eigenvalue weighted by molar-refractivity contribution is 0.424. The molecule has 0 aliphatic rings. The van der Waals surface area contributed by atoms with E-state index in [1.807, 2.05) is 19.2 Å². The molecule has 2 heterocycles. The van der Waals surface area contributed by atoms with Crippen molar-refractivity contribution in [3.05, 3.63) is 40.0 Å². The number of thiazole rings is 1. The molecule has 0 aliphatic carbocycles. The zero-order valence-corrected chi connectivity index (χ0v) is 14.3. The zero-order valence-electron chi connectivity index (χ0n) is 13.5. The van der Waals surface area contributed by atoms with Gasteiger partial charge in [-0.1, -0.05) is 6.07 Å². The van der Waals surface area contributed by atoms with Crippen LogP contribution in [-0.2, 0) is 13.1 Å². The van der Waals surface area contributed by atoms with Crippen molar-refractivity contribution >= 4 is 17.2 Å². The van der Waals surface area contributed by atoms with Crippen molar-refractivity contribution in [2.45, 2.75) is 46.3 Å². The molecule has 0 unspecified atom stereocenters. The van der Waals surface area contributed by atoms with Crippen LogP contribution in [0.5, 0.6) is 0 Å². The maximum Gasteiger partial charge on any atom is 0.133 e. The topological polar surface area (TPSA) is 41.1 Å². The molecule has 0 aliphatic heterocycles. The average molecular weight is 304 g/mol. The first-order valence-corrected chi connectivity index (χ1v) is 8.04. The van der Waals surface area contributed by atoms with E-state index in [0.29, 0.717) is 0 Å². The third kappa shape index (κ3) is 4.79. The Balaban J connectivity index is 2.11. The minimum Gasteiger partial charge on any atom is -0.353 e. The highest BCUT2D eigenvalue weighted by Gasteiger charge is 2.13. The van der Waals surface area contributed by atoms with Crippen LogP contribution in [0.2, 0.25) is 0 Å². The van der Waals surface area contributed by atoms with E-state index in [1.54, 1.807) is 11.3 Å². The molecule has 0 fully saturated rings. The molecule has 21 heavy (non-hydrogen) atoms. The summed E-state index contributed by atoms with van der Waals surface area (Å²) in [5, 5.41) is 6.74. The minimum atomic E-state index is 0.0949. The first-order chi connectivity index (χ1) is 9.85. The molecule has 4 nitrogen and oxygen atoms in total. The van der Waals surface area contributed by atoms with Gasteiger partial charge in [0.2, 0.25) is 0 Å². The largest absolute Gasteiger partial charge is 0.353 e. The summed E-state index contributed by atoms with van der Waals surface area (Å²) in [5.74, 6) is 1.01. The summed E-state index contributed by atoms with van der Waals surface area (Å²) >= 11 is 1.69. The van der Waals surface area contributed by atoms with Crippen LogP contribution in [0.4, 0.5) is 5.82 Å². The van der Waals surface area contributed by atoms with Gasteiger partial charge in [-0.15, -0.1) is 11.3 Å². The van der Waals surface area contributed by atoms with Crippen molar-refractivity contribution in [1.82, 2.24) is 15.3 Å². The average Bonchev–Trinajstić information content (AvgIpc) is 2.81.